The molecule has 0 spiro atoms. The normalized spacial score (nSPS) is 19.2. The van der Waals surface area contributed by atoms with E-state index in [-0.39, 0.29) is 35.4 Å². The van der Waals surface area contributed by atoms with Crippen LogP contribution in [0.2, 0.25) is 0 Å². The standard InChI is InChI=1S/C21H22F3N5O/c1-11(2)20(16(10-26)18(27)30-19-17(20)12(3)28-29-19)14-7-13(5-4-6-25)8-15(9-14)21(22,23)24/h4-5,7-9,11H,6,25,27H2,1-3H3,(H,28,29)/b5-4+. The topological polar surface area (TPSA) is 114 Å². The molecule has 1 unspecified atom stereocenters. The molecular weight excluding hydrogens is 395 g/mol. The zero-order chi connectivity index (χ0) is 22.3. The molecule has 0 fully saturated rings. The fraction of sp³-hybridized carbons (Fsp3) is 0.333. The average molecular weight is 417 g/mol. The number of benzene rings is 1. The number of nitrogens with two attached hydrogens (primary N) is 2. The largest absolute Gasteiger partial charge is 0.420 e. The number of nitriles is 1. The molecule has 1 aliphatic heterocycles. The van der Waals surface area contributed by atoms with E-state index in [0.717, 1.165) is 12.1 Å². The predicted octanol–water partition coefficient (Wildman–Crippen LogP) is 3.74. The highest BCUT2D eigenvalue weighted by Gasteiger charge is 2.51. The van der Waals surface area contributed by atoms with Crippen molar-refractivity contribution in [3.05, 3.63) is 63.7 Å². The lowest BCUT2D eigenvalue weighted by atomic mass is 9.61. The molecular formula is C21H22F3N5O. The first-order valence-corrected chi connectivity index (χ1v) is 9.30. The first-order chi connectivity index (χ1) is 14.1. The fourth-order valence-corrected chi connectivity index (χ4v) is 4.11. The van der Waals surface area contributed by atoms with Gasteiger partial charge < -0.3 is 16.2 Å². The van der Waals surface area contributed by atoms with Gasteiger partial charge in [-0.25, -0.2) is 0 Å². The Hall–Kier alpha value is -3.25. The van der Waals surface area contributed by atoms with E-state index >= 15 is 0 Å². The molecule has 0 radical (unpaired) electrons. The van der Waals surface area contributed by atoms with Gasteiger partial charge in [0.05, 0.1) is 16.5 Å². The summed E-state index contributed by atoms with van der Waals surface area (Å²) in [6.07, 6.45) is -1.50. The molecule has 0 saturated heterocycles. The quantitative estimate of drug-likeness (QED) is 0.701. The van der Waals surface area contributed by atoms with Gasteiger partial charge >= 0.3 is 6.18 Å². The Morgan fingerprint density at radius 1 is 1.33 bits per heavy atom. The third-order valence-electron chi connectivity index (χ3n) is 5.32. The summed E-state index contributed by atoms with van der Waals surface area (Å²) in [5.74, 6) is -0.379. The zero-order valence-corrected chi connectivity index (χ0v) is 16.8. The van der Waals surface area contributed by atoms with Crippen molar-refractivity contribution in [3.8, 4) is 11.9 Å². The van der Waals surface area contributed by atoms with E-state index in [1.54, 1.807) is 19.1 Å². The molecule has 0 amide bonds. The highest BCUT2D eigenvalue weighted by Crippen LogP contribution is 2.53. The first kappa shape index (κ1) is 21.5. The highest BCUT2D eigenvalue weighted by atomic mass is 19.4. The predicted molar refractivity (Wildman–Crippen MR) is 106 cm³/mol. The van der Waals surface area contributed by atoms with E-state index in [1.165, 1.54) is 6.08 Å². The third-order valence-corrected chi connectivity index (χ3v) is 5.32. The van der Waals surface area contributed by atoms with Crippen molar-refractivity contribution in [3.63, 3.8) is 0 Å². The summed E-state index contributed by atoms with van der Waals surface area (Å²) in [7, 11) is 0. The van der Waals surface area contributed by atoms with Crippen molar-refractivity contribution >= 4 is 6.08 Å². The number of ether oxygens (including phenoxy) is 1. The van der Waals surface area contributed by atoms with Crippen molar-refractivity contribution in [1.82, 2.24) is 10.2 Å². The van der Waals surface area contributed by atoms with Gasteiger partial charge in [0, 0.05) is 12.2 Å². The molecule has 0 aliphatic carbocycles. The number of halogens is 3. The number of aromatic nitrogens is 2. The van der Waals surface area contributed by atoms with Gasteiger partial charge in [0.2, 0.25) is 11.8 Å². The number of alkyl halides is 3. The lowest BCUT2D eigenvalue weighted by Crippen LogP contribution is -2.41. The second-order valence-electron chi connectivity index (χ2n) is 7.42. The Balaban J connectivity index is 2.47. The van der Waals surface area contributed by atoms with E-state index < -0.39 is 17.2 Å². The minimum absolute atomic E-state index is 0.0441. The maximum Gasteiger partial charge on any atom is 0.416 e. The Morgan fingerprint density at radius 3 is 2.60 bits per heavy atom. The first-order valence-electron chi connectivity index (χ1n) is 9.30. The van der Waals surface area contributed by atoms with Gasteiger partial charge in [0.1, 0.15) is 11.6 Å². The molecule has 0 bridgehead atoms. The highest BCUT2D eigenvalue weighted by molar-refractivity contribution is 5.64. The minimum Gasteiger partial charge on any atom is -0.420 e. The molecule has 0 saturated carbocycles. The average Bonchev–Trinajstić information content (AvgIpc) is 3.04. The number of rotatable bonds is 4. The molecule has 2 aromatic rings. The molecule has 1 aliphatic rings. The maximum absolute atomic E-state index is 13.7. The SMILES string of the molecule is Cc1[nH]nc2c1C(c1cc(/C=C/CN)cc(C(F)(F)F)c1)(C(C)C)C(C#N)=C(N)O2. The van der Waals surface area contributed by atoms with Gasteiger partial charge in [0.15, 0.2) is 0 Å². The Morgan fingerprint density at radius 2 is 2.03 bits per heavy atom. The summed E-state index contributed by atoms with van der Waals surface area (Å²) in [5.41, 5.74) is 11.1. The number of nitrogens with one attached hydrogen (secondary N) is 1. The molecule has 9 heteroatoms. The Kier molecular flexibility index (Phi) is 5.39. The summed E-state index contributed by atoms with van der Waals surface area (Å²) >= 11 is 0. The monoisotopic (exact) mass is 417 g/mol. The van der Waals surface area contributed by atoms with Gasteiger partial charge in [-0.15, -0.1) is 5.10 Å². The van der Waals surface area contributed by atoms with E-state index in [9.17, 15) is 18.4 Å². The van der Waals surface area contributed by atoms with Gasteiger partial charge in [-0.05, 0) is 36.1 Å². The molecule has 1 aromatic heterocycles. The van der Waals surface area contributed by atoms with Crippen LogP contribution in [0.1, 0.15) is 41.8 Å². The van der Waals surface area contributed by atoms with Crippen LogP contribution in [0.15, 0.2) is 35.7 Å². The van der Waals surface area contributed by atoms with Crippen LogP contribution in [0.4, 0.5) is 13.2 Å². The van der Waals surface area contributed by atoms with Gasteiger partial charge in [-0.1, -0.05) is 32.1 Å². The van der Waals surface area contributed by atoms with Gasteiger partial charge in [-0.3, -0.25) is 5.10 Å². The van der Waals surface area contributed by atoms with Crippen LogP contribution < -0.4 is 16.2 Å². The van der Waals surface area contributed by atoms with Crippen LogP contribution in [0.3, 0.4) is 0 Å². The number of nitrogens with zero attached hydrogens (tertiary/aromatic N) is 2. The maximum atomic E-state index is 13.7. The van der Waals surface area contributed by atoms with Gasteiger partial charge in [0.25, 0.3) is 0 Å². The summed E-state index contributed by atoms with van der Waals surface area (Å²) in [5, 5.41) is 16.8. The van der Waals surface area contributed by atoms with Crippen LogP contribution in [-0.2, 0) is 11.6 Å². The molecule has 2 heterocycles. The molecule has 5 N–H and O–H groups in total. The van der Waals surface area contributed by atoms with Crippen molar-refractivity contribution in [2.75, 3.05) is 6.54 Å². The molecule has 158 valence electrons. The van der Waals surface area contributed by atoms with E-state index in [0.29, 0.717) is 16.8 Å². The zero-order valence-electron chi connectivity index (χ0n) is 16.8. The van der Waals surface area contributed by atoms with Gasteiger partial charge in [-0.2, -0.15) is 18.4 Å². The molecule has 30 heavy (non-hydrogen) atoms. The van der Waals surface area contributed by atoms with Crippen molar-refractivity contribution in [2.24, 2.45) is 17.4 Å². The molecule has 6 nitrogen and oxygen atoms in total. The summed E-state index contributed by atoms with van der Waals surface area (Å²) < 4.78 is 46.7. The third kappa shape index (κ3) is 3.23. The van der Waals surface area contributed by atoms with Crippen LogP contribution in [0.25, 0.3) is 6.08 Å². The van der Waals surface area contributed by atoms with Crippen molar-refractivity contribution in [1.29, 1.82) is 5.26 Å². The molecule has 1 aromatic carbocycles. The Labute approximate surface area is 172 Å². The minimum atomic E-state index is -4.58. The van der Waals surface area contributed by atoms with Crippen LogP contribution >= 0.6 is 0 Å². The number of hydrogen-bond donors (Lipinski definition) is 3. The summed E-state index contributed by atoms with van der Waals surface area (Å²) in [6.45, 7) is 5.55. The van der Waals surface area contributed by atoms with Crippen molar-refractivity contribution < 1.29 is 17.9 Å². The number of hydrogen-bond acceptors (Lipinski definition) is 5. The van der Waals surface area contributed by atoms with E-state index in [1.807, 2.05) is 13.8 Å². The van der Waals surface area contributed by atoms with Crippen LogP contribution in [-0.4, -0.2) is 16.7 Å². The summed E-state index contributed by atoms with van der Waals surface area (Å²) in [4.78, 5) is 0. The van der Waals surface area contributed by atoms with Crippen LogP contribution in [0.5, 0.6) is 5.88 Å². The number of aryl methyl sites for hydroxylation is 1. The second-order valence-corrected chi connectivity index (χ2v) is 7.42. The second kappa shape index (κ2) is 7.54. The van der Waals surface area contributed by atoms with E-state index in [4.69, 9.17) is 16.2 Å². The Bertz CT molecular complexity index is 1080. The molecule has 1 atom stereocenters. The lowest BCUT2D eigenvalue weighted by Gasteiger charge is -2.41. The number of allylic oxidation sites excluding steroid dienone is 1. The fourth-order valence-electron chi connectivity index (χ4n) is 4.11. The van der Waals surface area contributed by atoms with Crippen molar-refractivity contribution in [2.45, 2.75) is 32.4 Å². The number of fused-ring (bicyclic) bond motifs is 1. The number of aromatic amines is 1. The smallest absolute Gasteiger partial charge is 0.416 e. The van der Waals surface area contributed by atoms with E-state index in [2.05, 4.69) is 16.3 Å². The lowest BCUT2D eigenvalue weighted by molar-refractivity contribution is -0.137. The molecule has 3 rings (SSSR count). The summed E-state index contributed by atoms with van der Waals surface area (Å²) in [6, 6.07) is 5.80. The number of H-pyrrole nitrogens is 1. The van der Waals surface area contributed by atoms with Crippen LogP contribution in [0, 0.1) is 24.2 Å².